The van der Waals surface area contributed by atoms with Gasteiger partial charge in [0.15, 0.2) is 0 Å². The van der Waals surface area contributed by atoms with E-state index in [1.165, 1.54) is 9.72 Å². The number of hydrogen-bond donors (Lipinski definition) is 1. The third-order valence-electron chi connectivity index (χ3n) is 6.00. The first-order valence-corrected chi connectivity index (χ1v) is 12.4. The topological polar surface area (TPSA) is 101 Å². The average Bonchev–Trinajstić information content (AvgIpc) is 3.50. The van der Waals surface area contributed by atoms with Crippen LogP contribution in [-0.4, -0.2) is 75.8 Å². The summed E-state index contributed by atoms with van der Waals surface area (Å²) in [6.45, 7) is 5.42. The Hall–Kier alpha value is -3.47. The fourth-order valence-corrected chi connectivity index (χ4v) is 5.09. The van der Waals surface area contributed by atoms with Crippen LogP contribution in [0, 0.1) is 0 Å². The number of hydrogen-bond acceptors (Lipinski definition) is 9. The van der Waals surface area contributed by atoms with E-state index in [0.29, 0.717) is 38.5 Å². The summed E-state index contributed by atoms with van der Waals surface area (Å²) in [7, 11) is 1.84. The Bertz CT molecular complexity index is 1290. The van der Waals surface area contributed by atoms with Gasteiger partial charge in [0.25, 0.3) is 0 Å². The molecule has 10 nitrogen and oxygen atoms in total. The highest BCUT2D eigenvalue weighted by Crippen LogP contribution is 2.32. The number of carbonyl (C=O) groups is 1. The van der Waals surface area contributed by atoms with Crippen molar-refractivity contribution in [1.29, 1.82) is 0 Å². The van der Waals surface area contributed by atoms with Gasteiger partial charge in [-0.15, -0.1) is 16.4 Å². The van der Waals surface area contributed by atoms with Crippen LogP contribution in [0.1, 0.15) is 24.6 Å². The smallest absolute Gasteiger partial charge is 0.225 e. The summed E-state index contributed by atoms with van der Waals surface area (Å²) in [4.78, 5) is 35.7. The number of aryl methyl sites for hydroxylation is 1. The molecule has 0 atom stereocenters. The highest BCUT2D eigenvalue weighted by atomic mass is 32.1. The maximum atomic E-state index is 12.8. The highest BCUT2D eigenvalue weighted by molar-refractivity contribution is 7.18. The molecular formula is C23H28N8O2S. The molecule has 1 aromatic carbocycles. The fourth-order valence-electron chi connectivity index (χ4n) is 4.13. The van der Waals surface area contributed by atoms with Crippen LogP contribution in [0.25, 0.3) is 21.3 Å². The molecular weight excluding hydrogens is 452 g/mol. The Labute approximate surface area is 201 Å². The van der Waals surface area contributed by atoms with Crippen molar-refractivity contribution in [3.05, 3.63) is 35.2 Å². The van der Waals surface area contributed by atoms with Crippen molar-refractivity contribution in [3.8, 4) is 0 Å². The van der Waals surface area contributed by atoms with Crippen LogP contribution in [0.3, 0.4) is 0 Å². The van der Waals surface area contributed by atoms with E-state index in [2.05, 4.69) is 38.5 Å². The number of fused-ring (bicyclic) bond motifs is 2. The first-order valence-electron chi connectivity index (χ1n) is 11.6. The largest absolute Gasteiger partial charge is 0.395 e. The highest BCUT2D eigenvalue weighted by Gasteiger charge is 2.24. The fraction of sp³-hybridized carbons (Fsp3) is 0.435. The van der Waals surface area contributed by atoms with E-state index in [1.54, 1.807) is 11.3 Å². The molecule has 1 aliphatic rings. The number of thiophene rings is 1. The molecule has 178 valence electrons. The number of piperazine rings is 1. The van der Waals surface area contributed by atoms with Crippen molar-refractivity contribution in [2.24, 2.45) is 0 Å². The summed E-state index contributed by atoms with van der Waals surface area (Å²) in [6.07, 6.45) is 2.05. The number of nitrogens with one attached hydrogen (secondary N) is 1. The van der Waals surface area contributed by atoms with Crippen LogP contribution in [0.15, 0.2) is 30.3 Å². The van der Waals surface area contributed by atoms with Gasteiger partial charge in [-0.25, -0.2) is 4.98 Å². The Morgan fingerprint density at radius 3 is 2.79 bits per heavy atom. The van der Waals surface area contributed by atoms with Gasteiger partial charge in [-0.2, -0.15) is 4.98 Å². The minimum Gasteiger partial charge on any atom is -0.395 e. The molecule has 1 aliphatic heterocycles. The summed E-state index contributed by atoms with van der Waals surface area (Å²) < 4.78 is 0. The predicted octanol–water partition coefficient (Wildman–Crippen LogP) is 2.60. The van der Waals surface area contributed by atoms with Gasteiger partial charge in [0.2, 0.25) is 11.9 Å². The normalized spacial score (nSPS) is 14.2. The molecule has 34 heavy (non-hydrogen) atoms. The van der Waals surface area contributed by atoms with Crippen molar-refractivity contribution >= 4 is 50.3 Å². The van der Waals surface area contributed by atoms with Gasteiger partial charge in [-0.1, -0.05) is 23.9 Å². The molecule has 11 heteroatoms. The number of aromatic nitrogens is 5. The summed E-state index contributed by atoms with van der Waals surface area (Å²) in [5.41, 5.74) is 1.61. The molecule has 4 heterocycles. The molecule has 1 fully saturated rings. The molecule has 0 aliphatic carbocycles. The SMILES string of the molecule is CCc1cc2c(N3CCN(C(=O)CCCOn4nnc5ccccc54)CC3)nc(NC)nc2s1. The second kappa shape index (κ2) is 9.80. The van der Waals surface area contributed by atoms with Crippen LogP contribution in [-0.2, 0) is 11.2 Å². The standard InChI is InChI=1S/C23H28N8O2S/c1-3-16-15-17-21(25-23(24-2)26-22(17)34-16)30-12-10-29(11-13-30)20(32)9-6-14-33-31-19-8-5-4-7-18(19)27-28-31/h4-5,7-8,15H,3,6,9-14H2,1-2H3,(H,24,25,26). The van der Waals surface area contributed by atoms with E-state index in [9.17, 15) is 4.79 Å². The number of para-hydroxylation sites is 1. The zero-order valence-corrected chi connectivity index (χ0v) is 20.2. The minimum atomic E-state index is 0.152. The lowest BCUT2D eigenvalue weighted by Crippen LogP contribution is -2.49. The summed E-state index contributed by atoms with van der Waals surface area (Å²) in [6, 6.07) is 9.82. The summed E-state index contributed by atoms with van der Waals surface area (Å²) in [5, 5.41) is 12.2. The van der Waals surface area contributed by atoms with Gasteiger partial charge >= 0.3 is 0 Å². The average molecular weight is 481 g/mol. The molecule has 3 aromatic heterocycles. The number of benzene rings is 1. The first-order chi connectivity index (χ1) is 16.7. The molecule has 5 rings (SSSR count). The number of nitrogens with zero attached hydrogens (tertiary/aromatic N) is 7. The molecule has 1 amide bonds. The number of anilines is 2. The Morgan fingerprint density at radius 1 is 1.18 bits per heavy atom. The zero-order chi connectivity index (χ0) is 23.5. The minimum absolute atomic E-state index is 0.152. The van der Waals surface area contributed by atoms with Crippen LogP contribution < -0.4 is 15.1 Å². The van der Waals surface area contributed by atoms with Gasteiger partial charge in [-0.3, -0.25) is 4.79 Å². The summed E-state index contributed by atoms with van der Waals surface area (Å²) >= 11 is 1.72. The lowest BCUT2D eigenvalue weighted by atomic mass is 10.2. The molecule has 4 aromatic rings. The monoisotopic (exact) mass is 480 g/mol. The van der Waals surface area contributed by atoms with Gasteiger partial charge in [-0.05, 0) is 36.3 Å². The van der Waals surface area contributed by atoms with Crippen molar-refractivity contribution in [1.82, 2.24) is 30.0 Å². The molecule has 0 saturated carbocycles. The van der Waals surface area contributed by atoms with Gasteiger partial charge in [0.1, 0.15) is 28.3 Å². The lowest BCUT2D eigenvalue weighted by Gasteiger charge is -2.35. The molecule has 0 unspecified atom stereocenters. The molecule has 1 saturated heterocycles. The Kier molecular flexibility index (Phi) is 6.43. The van der Waals surface area contributed by atoms with Crippen LogP contribution in [0.5, 0.6) is 0 Å². The molecule has 0 spiro atoms. The van der Waals surface area contributed by atoms with Gasteiger partial charge in [0, 0.05) is 44.5 Å². The van der Waals surface area contributed by atoms with E-state index in [4.69, 9.17) is 9.82 Å². The third kappa shape index (κ3) is 4.47. The van der Waals surface area contributed by atoms with E-state index in [1.807, 2.05) is 36.2 Å². The van der Waals surface area contributed by atoms with Crippen LogP contribution in [0.2, 0.25) is 0 Å². The second-order valence-corrected chi connectivity index (χ2v) is 9.28. The number of amides is 1. The molecule has 0 radical (unpaired) electrons. The van der Waals surface area contributed by atoms with E-state index in [-0.39, 0.29) is 5.91 Å². The molecule has 0 bridgehead atoms. The second-order valence-electron chi connectivity index (χ2n) is 8.16. The quantitative estimate of drug-likeness (QED) is 0.384. The van der Waals surface area contributed by atoms with E-state index < -0.39 is 0 Å². The number of rotatable bonds is 8. The van der Waals surface area contributed by atoms with Gasteiger partial charge in [0.05, 0.1) is 5.39 Å². The summed E-state index contributed by atoms with van der Waals surface area (Å²) in [5.74, 6) is 1.73. The van der Waals surface area contributed by atoms with Gasteiger partial charge < -0.3 is 20.0 Å². The van der Waals surface area contributed by atoms with Crippen molar-refractivity contribution in [2.75, 3.05) is 50.1 Å². The Morgan fingerprint density at radius 2 is 2.00 bits per heavy atom. The number of carbonyl (C=O) groups excluding carboxylic acids is 1. The van der Waals surface area contributed by atoms with E-state index in [0.717, 1.165) is 46.6 Å². The van der Waals surface area contributed by atoms with Crippen molar-refractivity contribution in [3.63, 3.8) is 0 Å². The van der Waals surface area contributed by atoms with E-state index >= 15 is 0 Å². The maximum absolute atomic E-state index is 12.8. The molecule has 1 N–H and O–H groups in total. The third-order valence-corrected chi connectivity index (χ3v) is 7.17. The van der Waals surface area contributed by atoms with Crippen LogP contribution in [0.4, 0.5) is 11.8 Å². The first kappa shape index (κ1) is 22.3. The maximum Gasteiger partial charge on any atom is 0.225 e. The van der Waals surface area contributed by atoms with Crippen LogP contribution >= 0.6 is 11.3 Å². The lowest BCUT2D eigenvalue weighted by molar-refractivity contribution is -0.131. The van der Waals surface area contributed by atoms with Crippen molar-refractivity contribution < 1.29 is 9.63 Å². The zero-order valence-electron chi connectivity index (χ0n) is 19.4. The Balaban J connectivity index is 1.14. The van der Waals surface area contributed by atoms with Crippen molar-refractivity contribution in [2.45, 2.75) is 26.2 Å². The predicted molar refractivity (Wildman–Crippen MR) is 133 cm³/mol.